The molecule has 7 heteroatoms. The van der Waals surface area contributed by atoms with Gasteiger partial charge in [0.25, 0.3) is 5.89 Å². The second kappa shape index (κ2) is 6.51. The Bertz CT molecular complexity index is 1140. The monoisotopic (exact) mass is 350 g/mol. The summed E-state index contributed by atoms with van der Waals surface area (Å²) < 4.78 is 20.9. The van der Waals surface area contributed by atoms with Gasteiger partial charge in [0.05, 0.1) is 5.52 Å². The van der Waals surface area contributed by atoms with Gasteiger partial charge in [0.2, 0.25) is 11.3 Å². The number of rotatable bonds is 4. The summed E-state index contributed by atoms with van der Waals surface area (Å²) in [6, 6.07) is 7.70. The van der Waals surface area contributed by atoms with Gasteiger partial charge in [-0.1, -0.05) is 12.1 Å². The molecule has 0 aliphatic carbocycles. The topological polar surface area (TPSA) is 73.8 Å². The third kappa shape index (κ3) is 2.77. The average molecular weight is 350 g/mol. The zero-order valence-corrected chi connectivity index (χ0v) is 14.0. The van der Waals surface area contributed by atoms with Gasteiger partial charge in [-0.2, -0.15) is 4.98 Å². The Labute approximate surface area is 147 Å². The number of hydrogen-bond donors (Lipinski definition) is 0. The molecule has 0 unspecified atom stereocenters. The van der Waals surface area contributed by atoms with Crippen LogP contribution < -0.4 is 5.43 Å². The highest BCUT2D eigenvalue weighted by atomic mass is 19.1. The molecule has 0 fully saturated rings. The molecule has 26 heavy (non-hydrogen) atoms. The molecule has 0 N–H and O–H groups in total. The highest BCUT2D eigenvalue weighted by Crippen LogP contribution is 2.22. The number of nitrogens with zero attached hydrogens (tertiary/aromatic N) is 4. The highest BCUT2D eigenvalue weighted by Gasteiger charge is 2.17. The minimum atomic E-state index is -0.460. The van der Waals surface area contributed by atoms with E-state index in [0.717, 1.165) is 12.0 Å². The van der Waals surface area contributed by atoms with E-state index in [4.69, 9.17) is 4.52 Å². The van der Waals surface area contributed by atoms with Crippen LogP contribution >= 0.6 is 0 Å². The van der Waals surface area contributed by atoms with Crippen LogP contribution in [0.4, 0.5) is 4.39 Å². The van der Waals surface area contributed by atoms with E-state index in [9.17, 15) is 9.18 Å². The van der Waals surface area contributed by atoms with E-state index in [0.29, 0.717) is 23.3 Å². The van der Waals surface area contributed by atoms with Gasteiger partial charge >= 0.3 is 0 Å². The number of benzene rings is 1. The van der Waals surface area contributed by atoms with E-state index < -0.39 is 5.82 Å². The van der Waals surface area contributed by atoms with Gasteiger partial charge in [-0.3, -0.25) is 9.78 Å². The second-order valence-electron chi connectivity index (χ2n) is 5.89. The first-order valence-corrected chi connectivity index (χ1v) is 8.24. The van der Waals surface area contributed by atoms with Crippen molar-refractivity contribution in [3.63, 3.8) is 0 Å². The van der Waals surface area contributed by atoms with Crippen molar-refractivity contribution in [1.29, 1.82) is 0 Å². The Morgan fingerprint density at radius 2 is 2.00 bits per heavy atom. The maximum absolute atomic E-state index is 13.7. The predicted octanol–water partition coefficient (Wildman–Crippen LogP) is 3.66. The van der Waals surface area contributed by atoms with Crippen molar-refractivity contribution in [3.05, 3.63) is 65.0 Å². The second-order valence-corrected chi connectivity index (χ2v) is 5.89. The van der Waals surface area contributed by atoms with Gasteiger partial charge in [-0.05, 0) is 36.8 Å². The van der Waals surface area contributed by atoms with Crippen LogP contribution in [0.15, 0.2) is 58.2 Å². The van der Waals surface area contributed by atoms with Crippen molar-refractivity contribution in [1.82, 2.24) is 19.7 Å². The van der Waals surface area contributed by atoms with Crippen molar-refractivity contribution in [2.45, 2.75) is 19.9 Å². The fourth-order valence-corrected chi connectivity index (χ4v) is 2.90. The molecule has 0 atom stereocenters. The smallest absolute Gasteiger partial charge is 0.263 e. The zero-order valence-electron chi connectivity index (χ0n) is 14.0. The predicted molar refractivity (Wildman–Crippen MR) is 95.0 cm³/mol. The van der Waals surface area contributed by atoms with Gasteiger partial charge < -0.3 is 9.09 Å². The summed E-state index contributed by atoms with van der Waals surface area (Å²) in [7, 11) is 0. The summed E-state index contributed by atoms with van der Waals surface area (Å²) in [5.41, 5.74) is 1.33. The van der Waals surface area contributed by atoms with Crippen LogP contribution in [0.1, 0.15) is 13.3 Å². The van der Waals surface area contributed by atoms with E-state index in [-0.39, 0.29) is 16.9 Å². The standard InChI is InChI=1S/C19H15FN4O2/c1-2-9-24-11-15(17(25)14-10-13(20)3-4-16(14)24)19-22-18(23-26-19)12-5-7-21-8-6-12/h3-8,10-11H,2,9H2,1H3. The third-order valence-corrected chi connectivity index (χ3v) is 4.10. The van der Waals surface area contributed by atoms with Crippen LogP contribution in [0, 0.1) is 5.82 Å². The van der Waals surface area contributed by atoms with E-state index in [1.54, 1.807) is 36.8 Å². The van der Waals surface area contributed by atoms with E-state index in [2.05, 4.69) is 15.1 Å². The molecule has 4 aromatic rings. The Hall–Kier alpha value is -3.35. The molecule has 0 saturated heterocycles. The molecular weight excluding hydrogens is 335 g/mol. The van der Waals surface area contributed by atoms with Gasteiger partial charge in [0.1, 0.15) is 11.4 Å². The van der Waals surface area contributed by atoms with Crippen LogP contribution in [-0.2, 0) is 6.54 Å². The molecule has 6 nitrogen and oxygen atoms in total. The molecular formula is C19H15FN4O2. The van der Waals surface area contributed by atoms with Gasteiger partial charge in [0.15, 0.2) is 0 Å². The molecule has 0 amide bonds. The molecule has 0 saturated carbocycles. The van der Waals surface area contributed by atoms with Crippen molar-refractivity contribution < 1.29 is 8.91 Å². The number of hydrogen-bond acceptors (Lipinski definition) is 5. The SMILES string of the molecule is CCCn1cc(-c2nc(-c3ccncc3)no2)c(=O)c2cc(F)ccc21. The fourth-order valence-electron chi connectivity index (χ4n) is 2.90. The molecule has 0 spiro atoms. The molecule has 130 valence electrons. The lowest BCUT2D eigenvalue weighted by Crippen LogP contribution is -2.12. The quantitative estimate of drug-likeness (QED) is 0.561. The molecule has 3 heterocycles. The Balaban J connectivity index is 1.90. The highest BCUT2D eigenvalue weighted by molar-refractivity contribution is 5.83. The zero-order chi connectivity index (χ0) is 18.1. The Kier molecular flexibility index (Phi) is 4.04. The lowest BCUT2D eigenvalue weighted by molar-refractivity contribution is 0.431. The lowest BCUT2D eigenvalue weighted by Gasteiger charge is -2.11. The van der Waals surface area contributed by atoms with Crippen LogP contribution in [-0.4, -0.2) is 19.7 Å². The molecule has 4 rings (SSSR count). The van der Waals surface area contributed by atoms with Crippen molar-refractivity contribution in [2.24, 2.45) is 0 Å². The summed E-state index contributed by atoms with van der Waals surface area (Å²) >= 11 is 0. The van der Waals surface area contributed by atoms with E-state index in [1.807, 2.05) is 11.5 Å². The Morgan fingerprint density at radius 1 is 1.19 bits per heavy atom. The van der Waals surface area contributed by atoms with Gasteiger partial charge in [0, 0.05) is 36.1 Å². The molecule has 0 aliphatic rings. The summed E-state index contributed by atoms with van der Waals surface area (Å²) in [6.45, 7) is 2.71. The first-order valence-electron chi connectivity index (χ1n) is 8.24. The molecule has 0 aliphatic heterocycles. The molecule has 1 aromatic carbocycles. The first kappa shape index (κ1) is 16.1. The number of aromatic nitrogens is 4. The molecule has 3 aromatic heterocycles. The summed E-state index contributed by atoms with van der Waals surface area (Å²) in [5.74, 6) is 0.0128. The minimum Gasteiger partial charge on any atom is -0.346 e. The number of aryl methyl sites for hydroxylation is 1. The van der Waals surface area contributed by atoms with Crippen LogP contribution in [0.25, 0.3) is 33.7 Å². The minimum absolute atomic E-state index is 0.109. The van der Waals surface area contributed by atoms with Gasteiger partial charge in [-0.15, -0.1) is 0 Å². The normalized spacial score (nSPS) is 11.2. The number of fused-ring (bicyclic) bond motifs is 1. The number of halogens is 1. The van der Waals surface area contributed by atoms with Crippen LogP contribution in [0.5, 0.6) is 0 Å². The molecule has 0 bridgehead atoms. The average Bonchev–Trinajstić information content (AvgIpc) is 3.15. The summed E-state index contributed by atoms with van der Waals surface area (Å²) in [6.07, 6.45) is 5.80. The van der Waals surface area contributed by atoms with E-state index in [1.165, 1.54) is 12.1 Å². The summed E-state index contributed by atoms with van der Waals surface area (Å²) in [4.78, 5) is 21.1. The molecule has 0 radical (unpaired) electrons. The van der Waals surface area contributed by atoms with Crippen LogP contribution in [0.3, 0.4) is 0 Å². The van der Waals surface area contributed by atoms with Gasteiger partial charge in [-0.25, -0.2) is 4.39 Å². The van der Waals surface area contributed by atoms with Crippen molar-refractivity contribution >= 4 is 10.9 Å². The van der Waals surface area contributed by atoms with Crippen LogP contribution in [0.2, 0.25) is 0 Å². The van der Waals surface area contributed by atoms with E-state index >= 15 is 0 Å². The summed E-state index contributed by atoms with van der Waals surface area (Å²) in [5, 5.41) is 4.23. The van der Waals surface area contributed by atoms with Crippen molar-refractivity contribution in [3.8, 4) is 22.8 Å². The lowest BCUT2D eigenvalue weighted by atomic mass is 10.1. The maximum Gasteiger partial charge on any atom is 0.263 e. The largest absolute Gasteiger partial charge is 0.346 e. The van der Waals surface area contributed by atoms with Crippen molar-refractivity contribution in [2.75, 3.05) is 0 Å². The Morgan fingerprint density at radius 3 is 2.77 bits per heavy atom. The number of pyridine rings is 2. The maximum atomic E-state index is 13.7. The fraction of sp³-hybridized carbons (Fsp3) is 0.158. The first-order chi connectivity index (χ1) is 12.7. The third-order valence-electron chi connectivity index (χ3n) is 4.10.